The van der Waals surface area contributed by atoms with E-state index in [4.69, 9.17) is 23.2 Å². The summed E-state index contributed by atoms with van der Waals surface area (Å²) in [4.78, 5) is 7.39. The van der Waals surface area contributed by atoms with Crippen LogP contribution < -0.4 is 10.6 Å². The van der Waals surface area contributed by atoms with Gasteiger partial charge in [0.25, 0.3) is 0 Å². The fraction of sp³-hybridized carbons (Fsp3) is 0.174. The summed E-state index contributed by atoms with van der Waals surface area (Å²) in [6.07, 6.45) is 7.45. The van der Waals surface area contributed by atoms with E-state index in [9.17, 15) is 0 Å². The number of nitrogens with zero attached hydrogens (tertiary/aromatic N) is 1. The molecule has 0 unspecified atom stereocenters. The molecule has 3 N–H and O–H groups in total. The van der Waals surface area contributed by atoms with Gasteiger partial charge in [0.15, 0.2) is 0 Å². The third-order valence-electron chi connectivity index (χ3n) is 4.95. The Kier molecular flexibility index (Phi) is 5.93. The molecular formula is C23H22Cl2N4. The lowest BCUT2D eigenvalue weighted by Crippen LogP contribution is -2.06. The van der Waals surface area contributed by atoms with Gasteiger partial charge in [-0.1, -0.05) is 42.3 Å². The molecule has 4 nitrogen and oxygen atoms in total. The maximum Gasteiger partial charge on any atom is 0.0720 e. The molecule has 0 spiro atoms. The molecule has 0 saturated carbocycles. The Balaban J connectivity index is 1.43. The number of fused-ring (bicyclic) bond motifs is 1. The first-order valence-electron chi connectivity index (χ1n) is 9.63. The van der Waals surface area contributed by atoms with Gasteiger partial charge in [0.05, 0.1) is 15.7 Å². The summed E-state index contributed by atoms with van der Waals surface area (Å²) >= 11 is 13.0. The van der Waals surface area contributed by atoms with Gasteiger partial charge in [-0.2, -0.15) is 0 Å². The Labute approximate surface area is 180 Å². The molecule has 2 heterocycles. The quantitative estimate of drug-likeness (QED) is 0.304. The van der Waals surface area contributed by atoms with Crippen molar-refractivity contribution in [3.05, 3.63) is 82.2 Å². The van der Waals surface area contributed by atoms with Gasteiger partial charge >= 0.3 is 0 Å². The van der Waals surface area contributed by atoms with Crippen molar-refractivity contribution in [2.24, 2.45) is 0 Å². The monoisotopic (exact) mass is 424 g/mol. The summed E-state index contributed by atoms with van der Waals surface area (Å²) < 4.78 is 0. The van der Waals surface area contributed by atoms with Crippen LogP contribution in [-0.4, -0.2) is 16.5 Å². The number of halogens is 2. The highest BCUT2D eigenvalue weighted by molar-refractivity contribution is 6.39. The summed E-state index contributed by atoms with van der Waals surface area (Å²) in [5.74, 6) is 0. The standard InChI is InChI=1S/C23H22Cl2N4/c1-2-15-3-4-19-16(14-28-22(19)11-15)5-10-27-23-20(24)12-18(13-21(23)25)29-17-6-8-26-9-7-17/h3-4,6-9,11-14,27-28H,2,5,10H2,1H3,(H,26,29). The number of H-pyrrole nitrogens is 1. The molecule has 0 fully saturated rings. The second-order valence-corrected chi connectivity index (χ2v) is 7.71. The molecule has 4 rings (SSSR count). The zero-order valence-electron chi connectivity index (χ0n) is 16.1. The van der Waals surface area contributed by atoms with Crippen molar-refractivity contribution in [3.63, 3.8) is 0 Å². The fourth-order valence-corrected chi connectivity index (χ4v) is 4.02. The molecule has 0 aliphatic rings. The summed E-state index contributed by atoms with van der Waals surface area (Å²) in [6, 6.07) is 14.1. The van der Waals surface area contributed by atoms with Gasteiger partial charge in [0, 0.05) is 47.4 Å². The van der Waals surface area contributed by atoms with E-state index in [1.807, 2.05) is 24.3 Å². The first kappa shape index (κ1) is 19.6. The predicted octanol–water partition coefficient (Wildman–Crippen LogP) is 6.83. The topological polar surface area (TPSA) is 52.7 Å². The number of anilines is 3. The van der Waals surface area contributed by atoms with E-state index >= 15 is 0 Å². The first-order valence-corrected chi connectivity index (χ1v) is 10.4. The highest BCUT2D eigenvalue weighted by Crippen LogP contribution is 2.35. The zero-order chi connectivity index (χ0) is 20.2. The van der Waals surface area contributed by atoms with Gasteiger partial charge in [-0.25, -0.2) is 0 Å². The number of pyridine rings is 1. The van der Waals surface area contributed by atoms with E-state index in [2.05, 4.69) is 51.9 Å². The lowest BCUT2D eigenvalue weighted by Gasteiger charge is -2.13. The van der Waals surface area contributed by atoms with Crippen LogP contribution in [0.4, 0.5) is 17.1 Å². The van der Waals surface area contributed by atoms with Crippen LogP contribution in [0.15, 0.2) is 61.1 Å². The predicted molar refractivity (Wildman–Crippen MR) is 124 cm³/mol. The molecule has 0 bridgehead atoms. The van der Waals surface area contributed by atoms with Gasteiger partial charge in [0.1, 0.15) is 0 Å². The van der Waals surface area contributed by atoms with Gasteiger partial charge in [-0.05, 0) is 54.3 Å². The molecule has 2 aromatic carbocycles. The number of rotatable bonds is 7. The van der Waals surface area contributed by atoms with Crippen LogP contribution in [0, 0.1) is 0 Å². The Morgan fingerprint density at radius 3 is 2.45 bits per heavy atom. The Morgan fingerprint density at radius 2 is 1.72 bits per heavy atom. The van der Waals surface area contributed by atoms with Crippen molar-refractivity contribution < 1.29 is 0 Å². The third kappa shape index (κ3) is 4.50. The number of nitrogens with one attached hydrogen (secondary N) is 3. The van der Waals surface area contributed by atoms with Crippen LogP contribution in [0.1, 0.15) is 18.1 Å². The number of aromatic nitrogens is 2. The molecule has 0 atom stereocenters. The molecule has 0 aliphatic carbocycles. The smallest absolute Gasteiger partial charge is 0.0720 e. The minimum Gasteiger partial charge on any atom is -0.382 e. The third-order valence-corrected chi connectivity index (χ3v) is 5.54. The zero-order valence-corrected chi connectivity index (χ0v) is 17.6. The van der Waals surface area contributed by atoms with Crippen molar-refractivity contribution in [2.75, 3.05) is 17.2 Å². The maximum absolute atomic E-state index is 6.48. The largest absolute Gasteiger partial charge is 0.382 e. The average molecular weight is 425 g/mol. The number of aryl methyl sites for hydroxylation is 1. The molecular weight excluding hydrogens is 403 g/mol. The highest BCUT2D eigenvalue weighted by atomic mass is 35.5. The fourth-order valence-electron chi connectivity index (χ4n) is 3.40. The van der Waals surface area contributed by atoms with Crippen LogP contribution in [0.5, 0.6) is 0 Å². The maximum atomic E-state index is 6.48. The molecule has 4 aromatic rings. The van der Waals surface area contributed by atoms with E-state index in [0.29, 0.717) is 10.0 Å². The first-order chi connectivity index (χ1) is 14.1. The molecule has 0 amide bonds. The highest BCUT2D eigenvalue weighted by Gasteiger charge is 2.10. The van der Waals surface area contributed by atoms with Crippen LogP contribution in [0.3, 0.4) is 0 Å². The van der Waals surface area contributed by atoms with E-state index in [-0.39, 0.29) is 0 Å². The molecule has 0 saturated heterocycles. The van der Waals surface area contributed by atoms with E-state index in [1.54, 1.807) is 12.4 Å². The number of benzene rings is 2. The molecule has 0 radical (unpaired) electrons. The summed E-state index contributed by atoms with van der Waals surface area (Å²) in [5, 5.41) is 9.09. The second-order valence-electron chi connectivity index (χ2n) is 6.90. The molecule has 0 aliphatic heterocycles. The average Bonchev–Trinajstić information content (AvgIpc) is 3.13. The number of hydrogen-bond donors (Lipinski definition) is 3. The van der Waals surface area contributed by atoms with E-state index in [1.165, 1.54) is 22.0 Å². The van der Waals surface area contributed by atoms with Crippen molar-refractivity contribution in [2.45, 2.75) is 19.8 Å². The SMILES string of the molecule is CCc1ccc2c(CCNc3c(Cl)cc(Nc4ccncc4)cc3Cl)c[nH]c2c1. The minimum absolute atomic E-state index is 0.584. The van der Waals surface area contributed by atoms with E-state index in [0.717, 1.165) is 36.4 Å². The van der Waals surface area contributed by atoms with Gasteiger partial charge in [-0.15, -0.1) is 0 Å². The Bertz CT molecular complexity index is 1100. The Hall–Kier alpha value is -2.69. The summed E-state index contributed by atoms with van der Waals surface area (Å²) in [5.41, 5.74) is 6.31. The number of aromatic amines is 1. The molecule has 29 heavy (non-hydrogen) atoms. The van der Waals surface area contributed by atoms with Gasteiger partial charge < -0.3 is 15.6 Å². The Morgan fingerprint density at radius 1 is 0.966 bits per heavy atom. The molecule has 2 aromatic heterocycles. The minimum atomic E-state index is 0.584. The normalized spacial score (nSPS) is 11.0. The van der Waals surface area contributed by atoms with Crippen molar-refractivity contribution in [3.8, 4) is 0 Å². The van der Waals surface area contributed by atoms with Crippen LogP contribution in [0.25, 0.3) is 10.9 Å². The van der Waals surface area contributed by atoms with Crippen molar-refractivity contribution >= 4 is 51.2 Å². The van der Waals surface area contributed by atoms with E-state index < -0.39 is 0 Å². The number of hydrogen-bond acceptors (Lipinski definition) is 3. The lowest BCUT2D eigenvalue weighted by molar-refractivity contribution is 1.03. The van der Waals surface area contributed by atoms with Gasteiger partial charge in [-0.3, -0.25) is 4.98 Å². The molecule has 6 heteroatoms. The van der Waals surface area contributed by atoms with Crippen LogP contribution in [-0.2, 0) is 12.8 Å². The van der Waals surface area contributed by atoms with Crippen LogP contribution in [0.2, 0.25) is 10.0 Å². The second kappa shape index (κ2) is 8.76. The van der Waals surface area contributed by atoms with Crippen molar-refractivity contribution in [1.29, 1.82) is 0 Å². The summed E-state index contributed by atoms with van der Waals surface area (Å²) in [6.45, 7) is 2.90. The van der Waals surface area contributed by atoms with Gasteiger partial charge in [0.2, 0.25) is 0 Å². The molecule has 148 valence electrons. The summed E-state index contributed by atoms with van der Waals surface area (Å²) in [7, 11) is 0. The lowest BCUT2D eigenvalue weighted by atomic mass is 10.1. The van der Waals surface area contributed by atoms with Crippen LogP contribution >= 0.6 is 23.2 Å². The van der Waals surface area contributed by atoms with Crippen molar-refractivity contribution in [1.82, 2.24) is 9.97 Å².